The van der Waals surface area contributed by atoms with Gasteiger partial charge < -0.3 is 9.84 Å². The van der Waals surface area contributed by atoms with Crippen LogP contribution in [0, 0.1) is 0 Å². The summed E-state index contributed by atoms with van der Waals surface area (Å²) in [6.45, 7) is 2.55. The molecule has 1 atom stereocenters. The van der Waals surface area contributed by atoms with Crippen molar-refractivity contribution in [3.63, 3.8) is 0 Å². The molecule has 1 N–H and O–H groups in total. The monoisotopic (exact) mass is 276 g/mol. The third kappa shape index (κ3) is 4.64. The summed E-state index contributed by atoms with van der Waals surface area (Å²) in [7, 11) is 0. The van der Waals surface area contributed by atoms with Crippen molar-refractivity contribution in [3.05, 3.63) is 35.4 Å². The van der Waals surface area contributed by atoms with Crippen molar-refractivity contribution in [2.45, 2.75) is 57.5 Å². The first-order valence-electron chi connectivity index (χ1n) is 7.64. The molecule has 1 fully saturated rings. The number of esters is 1. The lowest BCUT2D eigenvalue weighted by molar-refractivity contribution is -0.144. The Bertz CT molecular complexity index is 438. The number of unbranched alkanes of at least 4 members (excludes halogenated alkanes) is 1. The first-order valence-corrected chi connectivity index (χ1v) is 7.64. The van der Waals surface area contributed by atoms with Gasteiger partial charge in [-0.05, 0) is 42.7 Å². The van der Waals surface area contributed by atoms with E-state index in [1.807, 2.05) is 12.1 Å². The number of aliphatic hydroxyl groups is 1. The predicted octanol–water partition coefficient (Wildman–Crippen LogP) is 3.72. The lowest BCUT2D eigenvalue weighted by Gasteiger charge is -2.12. The molecule has 3 heteroatoms. The zero-order valence-corrected chi connectivity index (χ0v) is 12.2. The average Bonchev–Trinajstić information content (AvgIpc) is 3.30. The van der Waals surface area contributed by atoms with Crippen molar-refractivity contribution in [1.29, 1.82) is 0 Å². The number of carbonyl (C=O) groups is 1. The van der Waals surface area contributed by atoms with E-state index in [2.05, 4.69) is 19.1 Å². The summed E-state index contributed by atoms with van der Waals surface area (Å²) in [4.78, 5) is 11.5. The smallest absolute Gasteiger partial charge is 0.305 e. The van der Waals surface area contributed by atoms with Crippen LogP contribution in [0.15, 0.2) is 24.3 Å². The van der Waals surface area contributed by atoms with Crippen molar-refractivity contribution >= 4 is 5.97 Å². The van der Waals surface area contributed by atoms with Crippen LogP contribution in [0.4, 0.5) is 0 Å². The minimum atomic E-state index is -0.576. The maximum atomic E-state index is 11.5. The van der Waals surface area contributed by atoms with E-state index < -0.39 is 6.10 Å². The fourth-order valence-corrected chi connectivity index (χ4v) is 2.26. The Balaban J connectivity index is 1.77. The fraction of sp³-hybridized carbons (Fsp3) is 0.588. The van der Waals surface area contributed by atoms with E-state index in [1.54, 1.807) is 0 Å². The molecule has 20 heavy (non-hydrogen) atoms. The SMILES string of the molecule is CCCCOC(=O)CCC(O)c1cccc(C2CC2)c1. The Labute approximate surface area is 121 Å². The predicted molar refractivity (Wildman–Crippen MR) is 78.5 cm³/mol. The minimum absolute atomic E-state index is 0.212. The first kappa shape index (κ1) is 15.0. The third-order valence-corrected chi connectivity index (χ3v) is 3.73. The number of ether oxygens (including phenoxy) is 1. The average molecular weight is 276 g/mol. The highest BCUT2D eigenvalue weighted by Gasteiger charge is 2.24. The molecule has 0 saturated heterocycles. The third-order valence-electron chi connectivity index (χ3n) is 3.73. The molecule has 3 nitrogen and oxygen atoms in total. The van der Waals surface area contributed by atoms with E-state index >= 15 is 0 Å². The van der Waals surface area contributed by atoms with Gasteiger partial charge in [-0.15, -0.1) is 0 Å². The summed E-state index contributed by atoms with van der Waals surface area (Å²) in [5, 5.41) is 10.2. The van der Waals surface area contributed by atoms with Crippen LogP contribution in [0.1, 0.15) is 68.6 Å². The van der Waals surface area contributed by atoms with Crippen LogP contribution in [-0.2, 0) is 9.53 Å². The number of hydrogen-bond donors (Lipinski definition) is 1. The molecule has 0 bridgehead atoms. The van der Waals surface area contributed by atoms with Crippen LogP contribution in [0.5, 0.6) is 0 Å². The fourth-order valence-electron chi connectivity index (χ4n) is 2.26. The van der Waals surface area contributed by atoms with Gasteiger partial charge in [-0.1, -0.05) is 37.6 Å². The summed E-state index contributed by atoms with van der Waals surface area (Å²) >= 11 is 0. The molecule has 2 rings (SSSR count). The standard InChI is InChI=1S/C17H24O3/c1-2-3-11-20-17(19)10-9-16(18)15-6-4-5-14(12-15)13-7-8-13/h4-6,12-13,16,18H,2-3,7-11H2,1H3. The molecule has 110 valence electrons. The Morgan fingerprint density at radius 3 is 2.95 bits per heavy atom. The summed E-state index contributed by atoms with van der Waals surface area (Å²) in [5.41, 5.74) is 2.22. The van der Waals surface area contributed by atoms with Crippen LogP contribution in [0.25, 0.3) is 0 Å². The Morgan fingerprint density at radius 2 is 2.25 bits per heavy atom. The second-order valence-corrected chi connectivity index (χ2v) is 5.57. The van der Waals surface area contributed by atoms with Crippen LogP contribution in [-0.4, -0.2) is 17.7 Å². The van der Waals surface area contributed by atoms with Gasteiger partial charge in [0.25, 0.3) is 0 Å². The topological polar surface area (TPSA) is 46.5 Å². The van der Waals surface area contributed by atoms with Crippen molar-refractivity contribution in [2.24, 2.45) is 0 Å². The Kier molecular flexibility index (Phi) is 5.60. The van der Waals surface area contributed by atoms with Gasteiger partial charge in [0.15, 0.2) is 0 Å². The molecule has 1 aromatic carbocycles. The molecule has 0 amide bonds. The lowest BCUT2D eigenvalue weighted by Crippen LogP contribution is -2.08. The van der Waals surface area contributed by atoms with Crippen molar-refractivity contribution in [3.8, 4) is 0 Å². The van der Waals surface area contributed by atoms with Crippen molar-refractivity contribution in [2.75, 3.05) is 6.61 Å². The number of benzene rings is 1. The second kappa shape index (κ2) is 7.44. The normalized spacial score (nSPS) is 15.9. The highest BCUT2D eigenvalue weighted by molar-refractivity contribution is 5.69. The van der Waals surface area contributed by atoms with Crippen molar-refractivity contribution < 1.29 is 14.6 Å². The van der Waals surface area contributed by atoms with Gasteiger partial charge in [0.2, 0.25) is 0 Å². The molecule has 0 aromatic heterocycles. The van der Waals surface area contributed by atoms with E-state index in [1.165, 1.54) is 18.4 Å². The molecule has 1 aliphatic carbocycles. The van der Waals surface area contributed by atoms with Gasteiger partial charge in [0.1, 0.15) is 0 Å². The Morgan fingerprint density at radius 1 is 1.45 bits per heavy atom. The molecule has 1 aromatic rings. The maximum Gasteiger partial charge on any atom is 0.305 e. The summed E-state index contributed by atoms with van der Waals surface area (Å²) in [6, 6.07) is 8.11. The highest BCUT2D eigenvalue weighted by atomic mass is 16.5. The number of rotatable bonds is 8. The molecular formula is C17H24O3. The Hall–Kier alpha value is -1.35. The molecular weight excluding hydrogens is 252 g/mol. The minimum Gasteiger partial charge on any atom is -0.466 e. The lowest BCUT2D eigenvalue weighted by atomic mass is 10.0. The van der Waals surface area contributed by atoms with Crippen LogP contribution >= 0.6 is 0 Å². The van der Waals surface area contributed by atoms with Gasteiger partial charge in [-0.2, -0.15) is 0 Å². The van der Waals surface area contributed by atoms with E-state index in [9.17, 15) is 9.90 Å². The van der Waals surface area contributed by atoms with Gasteiger partial charge in [0, 0.05) is 6.42 Å². The second-order valence-electron chi connectivity index (χ2n) is 5.57. The number of aliphatic hydroxyl groups excluding tert-OH is 1. The van der Waals surface area contributed by atoms with Gasteiger partial charge >= 0.3 is 5.97 Å². The van der Waals surface area contributed by atoms with E-state index in [0.29, 0.717) is 18.9 Å². The molecule has 0 aliphatic heterocycles. The largest absolute Gasteiger partial charge is 0.466 e. The van der Waals surface area contributed by atoms with E-state index in [4.69, 9.17) is 4.74 Å². The summed E-state index contributed by atoms with van der Waals surface area (Å²) < 4.78 is 5.09. The van der Waals surface area contributed by atoms with Gasteiger partial charge in [-0.3, -0.25) is 4.79 Å². The van der Waals surface area contributed by atoms with Gasteiger partial charge in [0.05, 0.1) is 12.7 Å². The number of carbonyl (C=O) groups excluding carboxylic acids is 1. The van der Waals surface area contributed by atoms with E-state index in [0.717, 1.165) is 18.4 Å². The molecule has 1 saturated carbocycles. The molecule has 0 heterocycles. The van der Waals surface area contributed by atoms with Crippen LogP contribution < -0.4 is 0 Å². The van der Waals surface area contributed by atoms with Crippen LogP contribution in [0.3, 0.4) is 0 Å². The molecule has 0 radical (unpaired) electrons. The van der Waals surface area contributed by atoms with E-state index in [-0.39, 0.29) is 12.4 Å². The summed E-state index contributed by atoms with van der Waals surface area (Å²) in [5.74, 6) is 0.469. The van der Waals surface area contributed by atoms with Crippen molar-refractivity contribution in [1.82, 2.24) is 0 Å². The quantitative estimate of drug-likeness (QED) is 0.581. The molecule has 1 aliphatic rings. The zero-order chi connectivity index (χ0) is 14.4. The van der Waals surface area contributed by atoms with Gasteiger partial charge in [-0.25, -0.2) is 0 Å². The molecule has 1 unspecified atom stereocenters. The van der Waals surface area contributed by atoms with Crippen LogP contribution in [0.2, 0.25) is 0 Å². The maximum absolute atomic E-state index is 11.5. The summed E-state index contributed by atoms with van der Waals surface area (Å²) in [6.07, 6.45) is 4.55. The number of hydrogen-bond acceptors (Lipinski definition) is 3. The highest BCUT2D eigenvalue weighted by Crippen LogP contribution is 2.40. The molecule has 0 spiro atoms. The zero-order valence-electron chi connectivity index (χ0n) is 12.2. The first-order chi connectivity index (χ1) is 9.70.